The van der Waals surface area contributed by atoms with Crippen LogP contribution in [-0.4, -0.2) is 80.0 Å². The molecule has 0 aromatic heterocycles. The van der Waals surface area contributed by atoms with Crippen LogP contribution in [0.3, 0.4) is 0 Å². The fourth-order valence-corrected chi connectivity index (χ4v) is 5.36. The Kier molecular flexibility index (Phi) is 8.18. The first-order valence-electron chi connectivity index (χ1n) is 12.6. The highest BCUT2D eigenvalue weighted by Gasteiger charge is 2.25. The van der Waals surface area contributed by atoms with E-state index in [2.05, 4.69) is 89.3 Å². The van der Waals surface area contributed by atoms with Crippen molar-refractivity contribution in [2.75, 3.05) is 50.7 Å². The first-order valence-corrected chi connectivity index (χ1v) is 12.6. The van der Waals surface area contributed by atoms with Crippen molar-refractivity contribution in [3.63, 3.8) is 0 Å². The third-order valence-electron chi connectivity index (χ3n) is 7.43. The molecular weight excluding hydrogens is 408 g/mol. The highest BCUT2D eigenvalue weighted by Crippen LogP contribution is 2.32. The molecule has 2 heterocycles. The predicted molar refractivity (Wildman–Crippen MR) is 138 cm³/mol. The molecule has 0 aliphatic carbocycles. The molecule has 0 saturated carbocycles. The van der Waals surface area contributed by atoms with Gasteiger partial charge in [-0.1, -0.05) is 42.5 Å². The lowest BCUT2D eigenvalue weighted by Crippen LogP contribution is -2.54. The van der Waals surface area contributed by atoms with Gasteiger partial charge in [0.25, 0.3) is 0 Å². The molecule has 1 atom stereocenters. The van der Waals surface area contributed by atoms with Crippen molar-refractivity contribution < 1.29 is 4.79 Å². The number of nitrogens with zero attached hydrogens (tertiary/aromatic N) is 3. The van der Waals surface area contributed by atoms with Crippen molar-refractivity contribution in [2.24, 2.45) is 0 Å². The van der Waals surface area contributed by atoms with Crippen LogP contribution in [0.1, 0.15) is 32.3 Å². The van der Waals surface area contributed by atoms with E-state index in [1.807, 2.05) is 0 Å². The van der Waals surface area contributed by atoms with Crippen molar-refractivity contribution in [3.8, 4) is 11.1 Å². The molecule has 178 valence electrons. The molecule has 0 spiro atoms. The van der Waals surface area contributed by atoms with Gasteiger partial charge in [0.1, 0.15) is 6.29 Å². The van der Waals surface area contributed by atoms with E-state index in [9.17, 15) is 4.79 Å². The molecule has 0 amide bonds. The lowest BCUT2D eigenvalue weighted by atomic mass is 9.97. The van der Waals surface area contributed by atoms with Gasteiger partial charge in [-0.2, -0.15) is 0 Å². The number of anilines is 1. The van der Waals surface area contributed by atoms with Gasteiger partial charge in [0.2, 0.25) is 0 Å². The van der Waals surface area contributed by atoms with Gasteiger partial charge >= 0.3 is 0 Å². The van der Waals surface area contributed by atoms with Crippen LogP contribution in [-0.2, 0) is 4.79 Å². The summed E-state index contributed by atoms with van der Waals surface area (Å²) in [5.41, 5.74) is 5.27. The molecule has 2 fully saturated rings. The van der Waals surface area contributed by atoms with Gasteiger partial charge in [-0.15, -0.1) is 0 Å². The summed E-state index contributed by atoms with van der Waals surface area (Å²) in [5, 5.41) is 3.66. The largest absolute Gasteiger partial charge is 0.371 e. The SMILES string of the molecule is Cc1c(-c2ccccc2)cccc1N1CCC(NC(C=O)CN2CCN(C(C)C)CC2)CC1. The third kappa shape index (κ3) is 6.03. The highest BCUT2D eigenvalue weighted by atomic mass is 16.1. The quantitative estimate of drug-likeness (QED) is 0.622. The van der Waals surface area contributed by atoms with Crippen LogP contribution in [0, 0.1) is 6.92 Å². The van der Waals surface area contributed by atoms with Gasteiger partial charge in [-0.05, 0) is 56.4 Å². The average molecular weight is 449 g/mol. The molecule has 1 N–H and O–H groups in total. The van der Waals surface area contributed by atoms with E-state index in [0.717, 1.165) is 64.9 Å². The second-order valence-corrected chi connectivity index (χ2v) is 9.92. The van der Waals surface area contributed by atoms with Crippen LogP contribution < -0.4 is 10.2 Å². The van der Waals surface area contributed by atoms with Crippen molar-refractivity contribution >= 4 is 12.0 Å². The van der Waals surface area contributed by atoms with Crippen LogP contribution in [0.4, 0.5) is 5.69 Å². The van der Waals surface area contributed by atoms with Crippen molar-refractivity contribution in [1.82, 2.24) is 15.1 Å². The first-order chi connectivity index (χ1) is 16.0. The Bertz CT molecular complexity index is 884. The fraction of sp³-hybridized carbons (Fsp3) is 0.536. The van der Waals surface area contributed by atoms with Crippen molar-refractivity contribution in [1.29, 1.82) is 0 Å². The number of piperazine rings is 1. The van der Waals surface area contributed by atoms with E-state index < -0.39 is 0 Å². The van der Waals surface area contributed by atoms with Crippen LogP contribution in [0.15, 0.2) is 48.5 Å². The molecule has 2 aromatic carbocycles. The summed E-state index contributed by atoms with van der Waals surface area (Å²) in [5.74, 6) is 0. The minimum Gasteiger partial charge on any atom is -0.371 e. The molecule has 2 aliphatic heterocycles. The smallest absolute Gasteiger partial charge is 0.138 e. The maximum atomic E-state index is 11.8. The molecule has 2 aliphatic rings. The van der Waals surface area contributed by atoms with Crippen LogP contribution >= 0.6 is 0 Å². The molecular formula is C28H40N4O. The summed E-state index contributed by atoms with van der Waals surface area (Å²) >= 11 is 0. The molecule has 5 heteroatoms. The Balaban J connectivity index is 1.30. The molecule has 5 nitrogen and oxygen atoms in total. The number of benzene rings is 2. The second kappa shape index (κ2) is 11.3. The fourth-order valence-electron chi connectivity index (χ4n) is 5.36. The maximum Gasteiger partial charge on any atom is 0.138 e. The topological polar surface area (TPSA) is 38.8 Å². The number of carbonyl (C=O) groups is 1. The minimum atomic E-state index is -0.0738. The van der Waals surface area contributed by atoms with Gasteiger partial charge in [-0.25, -0.2) is 0 Å². The Morgan fingerprint density at radius 2 is 1.64 bits per heavy atom. The van der Waals surface area contributed by atoms with Crippen LogP contribution in [0.5, 0.6) is 0 Å². The van der Waals surface area contributed by atoms with Gasteiger partial charge in [0.15, 0.2) is 0 Å². The summed E-state index contributed by atoms with van der Waals surface area (Å²) < 4.78 is 0. The third-order valence-corrected chi connectivity index (χ3v) is 7.43. The van der Waals surface area contributed by atoms with E-state index in [-0.39, 0.29) is 6.04 Å². The van der Waals surface area contributed by atoms with E-state index in [1.54, 1.807) is 0 Å². The van der Waals surface area contributed by atoms with Gasteiger partial charge < -0.3 is 15.0 Å². The molecule has 2 aromatic rings. The summed E-state index contributed by atoms with van der Waals surface area (Å²) in [6.45, 7) is 13.9. The number of hydrogen-bond acceptors (Lipinski definition) is 5. The highest BCUT2D eigenvalue weighted by molar-refractivity contribution is 5.74. The molecule has 0 radical (unpaired) electrons. The van der Waals surface area contributed by atoms with Gasteiger partial charge in [0, 0.05) is 63.6 Å². The van der Waals surface area contributed by atoms with E-state index >= 15 is 0 Å². The predicted octanol–water partition coefficient (Wildman–Crippen LogP) is 3.81. The Morgan fingerprint density at radius 1 is 0.939 bits per heavy atom. The minimum absolute atomic E-state index is 0.0738. The zero-order chi connectivity index (χ0) is 23.2. The number of aldehydes is 1. The first kappa shape index (κ1) is 23.9. The zero-order valence-electron chi connectivity index (χ0n) is 20.5. The molecule has 4 rings (SSSR count). The Hall–Kier alpha value is -2.21. The Morgan fingerprint density at radius 3 is 2.27 bits per heavy atom. The Labute approximate surface area is 199 Å². The summed E-state index contributed by atoms with van der Waals surface area (Å²) in [6.07, 6.45) is 3.26. The number of nitrogens with one attached hydrogen (secondary N) is 1. The number of carbonyl (C=O) groups excluding carboxylic acids is 1. The maximum absolute atomic E-state index is 11.8. The van der Waals surface area contributed by atoms with E-state index in [1.165, 1.54) is 22.4 Å². The van der Waals surface area contributed by atoms with Crippen LogP contribution in [0.2, 0.25) is 0 Å². The second-order valence-electron chi connectivity index (χ2n) is 9.92. The summed E-state index contributed by atoms with van der Waals surface area (Å²) in [4.78, 5) is 19.3. The van der Waals surface area contributed by atoms with E-state index in [0.29, 0.717) is 12.1 Å². The lowest BCUT2D eigenvalue weighted by Gasteiger charge is -2.39. The van der Waals surface area contributed by atoms with Gasteiger partial charge in [-0.3, -0.25) is 9.80 Å². The van der Waals surface area contributed by atoms with Crippen molar-refractivity contribution in [3.05, 3.63) is 54.1 Å². The molecule has 33 heavy (non-hydrogen) atoms. The monoisotopic (exact) mass is 448 g/mol. The average Bonchev–Trinajstić information content (AvgIpc) is 2.85. The molecule has 0 bridgehead atoms. The number of hydrogen-bond donors (Lipinski definition) is 1. The lowest BCUT2D eigenvalue weighted by molar-refractivity contribution is -0.110. The normalized spacial score (nSPS) is 19.7. The number of piperidine rings is 1. The van der Waals surface area contributed by atoms with Crippen LogP contribution in [0.25, 0.3) is 11.1 Å². The van der Waals surface area contributed by atoms with Gasteiger partial charge in [0.05, 0.1) is 6.04 Å². The number of rotatable bonds is 8. The van der Waals surface area contributed by atoms with Crippen molar-refractivity contribution in [2.45, 2.75) is 51.7 Å². The summed E-state index contributed by atoms with van der Waals surface area (Å²) in [6, 6.07) is 18.2. The summed E-state index contributed by atoms with van der Waals surface area (Å²) in [7, 11) is 0. The van der Waals surface area contributed by atoms with E-state index in [4.69, 9.17) is 0 Å². The molecule has 2 saturated heterocycles. The zero-order valence-corrected chi connectivity index (χ0v) is 20.5. The molecule has 1 unspecified atom stereocenters. The standard InChI is InChI=1S/C28H40N4O/c1-22(2)31-18-16-30(17-19-31)20-26(21-33)29-25-12-14-32(15-13-25)28-11-7-10-27(23(28)3)24-8-5-4-6-9-24/h4-11,21-22,25-26,29H,12-20H2,1-3H3.